The van der Waals surface area contributed by atoms with E-state index in [1.165, 1.54) is 25.3 Å². The van der Waals surface area contributed by atoms with Gasteiger partial charge in [-0.05, 0) is 90.8 Å². The smallest absolute Gasteiger partial charge is 0.333 e. The van der Waals surface area contributed by atoms with Crippen LogP contribution in [0.15, 0.2) is 78.9 Å². The quantitative estimate of drug-likeness (QED) is 0.0430. The summed E-state index contributed by atoms with van der Waals surface area (Å²) < 4.78 is 27.8. The molecule has 0 bridgehead atoms. The van der Waals surface area contributed by atoms with Gasteiger partial charge in [0, 0.05) is 11.1 Å². The molecule has 3 aromatic rings. The molecule has 3 aromatic carbocycles. The predicted octanol–water partition coefficient (Wildman–Crippen LogP) is 7.69. The van der Waals surface area contributed by atoms with E-state index >= 15 is 0 Å². The first kappa shape index (κ1) is 42.5. The highest BCUT2D eigenvalue weighted by atomic mass is 16.6. The summed E-state index contributed by atoms with van der Waals surface area (Å²) in [6, 6.07) is 22.0. The van der Waals surface area contributed by atoms with E-state index in [4.69, 9.17) is 34.2 Å². The summed E-state index contributed by atoms with van der Waals surface area (Å²) in [5.41, 5.74) is 2.94. The minimum atomic E-state index is -1.44. The summed E-state index contributed by atoms with van der Waals surface area (Å²) in [7, 11) is 0. The van der Waals surface area contributed by atoms with Gasteiger partial charge in [-0.15, -0.1) is 0 Å². The van der Waals surface area contributed by atoms with Crippen LogP contribution >= 0.6 is 0 Å². The second-order valence-electron chi connectivity index (χ2n) is 13.3. The van der Waals surface area contributed by atoms with Crippen molar-refractivity contribution in [1.82, 2.24) is 0 Å². The van der Waals surface area contributed by atoms with Crippen molar-refractivity contribution in [3.63, 3.8) is 0 Å². The highest BCUT2D eigenvalue weighted by molar-refractivity contribution is 5.88. The Labute approximate surface area is 317 Å². The number of esters is 4. The van der Waals surface area contributed by atoms with Crippen LogP contribution in [0.25, 0.3) is 21.9 Å². The first-order valence-electron chi connectivity index (χ1n) is 17.9. The molecule has 0 fully saturated rings. The fourth-order valence-electron chi connectivity index (χ4n) is 5.38. The minimum Gasteiger partial charge on any atom is -0.492 e. The number of nitrogens with zero attached hydrogens (tertiary/aromatic N) is 2. The van der Waals surface area contributed by atoms with Gasteiger partial charge in [-0.25, -0.2) is 9.59 Å². The third-order valence-electron chi connectivity index (χ3n) is 8.46. The largest absolute Gasteiger partial charge is 0.492 e. The maximum absolute atomic E-state index is 12.5. The molecule has 11 heteroatoms. The zero-order valence-corrected chi connectivity index (χ0v) is 31.4. The monoisotopic (exact) mass is 736 g/mol. The Morgan fingerprint density at radius 3 is 1.87 bits per heavy atom. The lowest BCUT2D eigenvalue weighted by Gasteiger charge is -2.32. The first-order chi connectivity index (χ1) is 25.9. The summed E-state index contributed by atoms with van der Waals surface area (Å²) in [4.78, 5) is 49.0. The number of carbonyl (C=O) groups is 4. The molecule has 0 aliphatic rings. The van der Waals surface area contributed by atoms with Crippen LogP contribution in [0, 0.1) is 28.1 Å². The third kappa shape index (κ3) is 13.6. The number of fused-ring (bicyclic) bond motifs is 1. The number of aryl methyl sites for hydroxylation is 2. The molecule has 0 saturated carbocycles. The van der Waals surface area contributed by atoms with Gasteiger partial charge in [0.2, 0.25) is 0 Å². The number of rotatable bonds is 22. The van der Waals surface area contributed by atoms with Crippen LogP contribution in [0.2, 0.25) is 0 Å². The number of unbranched alkanes of at least 4 members (excludes halogenated alkanes) is 2. The number of carbonyl (C=O) groups excluding carboxylic acids is 4. The average Bonchev–Trinajstić information content (AvgIpc) is 3.16. The van der Waals surface area contributed by atoms with Gasteiger partial charge in [0.15, 0.2) is 0 Å². The van der Waals surface area contributed by atoms with Gasteiger partial charge in [0.1, 0.15) is 50.4 Å². The molecule has 0 amide bonds. The van der Waals surface area contributed by atoms with Crippen molar-refractivity contribution in [2.24, 2.45) is 5.41 Å². The van der Waals surface area contributed by atoms with Crippen molar-refractivity contribution in [2.45, 2.75) is 72.1 Å². The second kappa shape index (κ2) is 21.6. The molecule has 11 nitrogen and oxygen atoms in total. The molecule has 0 aliphatic carbocycles. The van der Waals surface area contributed by atoms with Crippen molar-refractivity contribution in [2.75, 3.05) is 33.0 Å². The summed E-state index contributed by atoms with van der Waals surface area (Å²) in [6.45, 7) is 11.0. The highest BCUT2D eigenvalue weighted by Crippen LogP contribution is 2.32. The lowest BCUT2D eigenvalue weighted by Crippen LogP contribution is -2.44. The molecule has 0 N–H and O–H groups in total. The predicted molar refractivity (Wildman–Crippen MR) is 203 cm³/mol. The Kier molecular flexibility index (Phi) is 17.0. The fourth-order valence-corrected chi connectivity index (χ4v) is 5.38. The molecule has 284 valence electrons. The third-order valence-corrected chi connectivity index (χ3v) is 8.46. The van der Waals surface area contributed by atoms with Crippen LogP contribution in [0.3, 0.4) is 0 Å². The molecule has 0 saturated heterocycles. The van der Waals surface area contributed by atoms with E-state index in [1.807, 2.05) is 12.1 Å². The maximum atomic E-state index is 12.5. The first-order valence-corrected chi connectivity index (χ1v) is 17.9. The van der Waals surface area contributed by atoms with Crippen LogP contribution < -0.4 is 4.74 Å². The Bertz CT molecular complexity index is 1890. The minimum absolute atomic E-state index is 0.110. The van der Waals surface area contributed by atoms with E-state index in [1.54, 1.807) is 25.1 Å². The molecule has 0 aromatic heterocycles. The van der Waals surface area contributed by atoms with E-state index in [-0.39, 0.29) is 18.8 Å². The maximum Gasteiger partial charge on any atom is 0.333 e. The summed E-state index contributed by atoms with van der Waals surface area (Å²) in [5.74, 6) is -2.47. The zero-order valence-electron chi connectivity index (χ0n) is 31.4. The van der Waals surface area contributed by atoms with Crippen molar-refractivity contribution in [3.05, 3.63) is 90.0 Å². The second-order valence-corrected chi connectivity index (χ2v) is 13.3. The van der Waals surface area contributed by atoms with Crippen molar-refractivity contribution in [1.29, 1.82) is 10.5 Å². The van der Waals surface area contributed by atoms with Crippen molar-refractivity contribution >= 4 is 34.6 Å². The van der Waals surface area contributed by atoms with Gasteiger partial charge in [-0.2, -0.15) is 10.5 Å². The van der Waals surface area contributed by atoms with Crippen LogP contribution in [0.5, 0.6) is 5.75 Å². The van der Waals surface area contributed by atoms with Gasteiger partial charge in [-0.1, -0.05) is 69.3 Å². The standard InChI is InChI=1S/C43H48N2O9/c1-6-7-8-10-32-12-13-34-24-35(15-14-33(34)23-32)36-16-17-38(37(25-36)11-9-22-50-41(48)30(2)3)51-26-43(27-52-39(46)18-20-44,28-53-40(47)19-21-45)29-54-42(49)31(4)5/h12-17,23-25H,2,4,6-11,18-19,22,26-29H2,1,3,5H3. The lowest BCUT2D eigenvalue weighted by atomic mass is 9.91. The van der Waals surface area contributed by atoms with Gasteiger partial charge in [-0.3, -0.25) is 9.59 Å². The average molecular weight is 737 g/mol. The summed E-state index contributed by atoms with van der Waals surface area (Å²) in [6.07, 6.45) is 4.39. The van der Waals surface area contributed by atoms with Gasteiger partial charge in [0.25, 0.3) is 0 Å². The highest BCUT2D eigenvalue weighted by Gasteiger charge is 2.38. The van der Waals surface area contributed by atoms with Crippen LogP contribution in [0.1, 0.15) is 70.4 Å². The van der Waals surface area contributed by atoms with Crippen LogP contribution in [0.4, 0.5) is 0 Å². The van der Waals surface area contributed by atoms with E-state index in [9.17, 15) is 19.2 Å². The lowest BCUT2D eigenvalue weighted by molar-refractivity contribution is -0.162. The van der Waals surface area contributed by atoms with Crippen molar-refractivity contribution in [3.8, 4) is 29.0 Å². The molecular weight excluding hydrogens is 688 g/mol. The molecular formula is C43H48N2O9. The van der Waals surface area contributed by atoms with Crippen LogP contribution in [-0.2, 0) is 51.0 Å². The van der Waals surface area contributed by atoms with Gasteiger partial charge in [0.05, 0.1) is 18.7 Å². The molecule has 0 atom stereocenters. The zero-order chi connectivity index (χ0) is 39.5. The van der Waals surface area contributed by atoms with Crippen molar-refractivity contribution < 1.29 is 42.9 Å². The number of ether oxygens (including phenoxy) is 5. The Morgan fingerprint density at radius 1 is 0.667 bits per heavy atom. The van der Waals surface area contributed by atoms with E-state index < -0.39 is 62.0 Å². The number of nitriles is 2. The van der Waals surface area contributed by atoms with E-state index in [0.717, 1.165) is 40.3 Å². The van der Waals surface area contributed by atoms with E-state index in [2.05, 4.69) is 56.5 Å². The number of benzene rings is 3. The Balaban J connectivity index is 1.98. The molecule has 3 rings (SSSR count). The topological polar surface area (TPSA) is 162 Å². The molecule has 0 aliphatic heterocycles. The molecule has 0 radical (unpaired) electrons. The normalized spacial score (nSPS) is 10.8. The molecule has 0 unspecified atom stereocenters. The van der Waals surface area contributed by atoms with Gasteiger partial charge < -0.3 is 23.7 Å². The Hall–Kier alpha value is -5.94. The molecule has 0 heterocycles. The molecule has 0 spiro atoms. The van der Waals surface area contributed by atoms with Gasteiger partial charge >= 0.3 is 23.9 Å². The number of hydrogen-bond acceptors (Lipinski definition) is 11. The van der Waals surface area contributed by atoms with Crippen LogP contribution in [-0.4, -0.2) is 56.9 Å². The molecule has 54 heavy (non-hydrogen) atoms. The SMILES string of the molecule is C=C(C)C(=O)OCCCc1cc(-c2ccc3cc(CCCCC)ccc3c2)ccc1OCC(COC(=O)CC#N)(COC(=O)CC#N)COC(=O)C(=C)C. The number of hydrogen-bond donors (Lipinski definition) is 0. The summed E-state index contributed by atoms with van der Waals surface area (Å²) >= 11 is 0. The van der Waals surface area contributed by atoms with E-state index in [0.29, 0.717) is 24.2 Å². The summed E-state index contributed by atoms with van der Waals surface area (Å²) in [5, 5.41) is 20.2. The Morgan fingerprint density at radius 2 is 1.24 bits per heavy atom. The fraction of sp³-hybridized carbons (Fsp3) is 0.395.